The summed E-state index contributed by atoms with van der Waals surface area (Å²) < 4.78 is 5.49. The minimum atomic E-state index is -0.592. The van der Waals surface area contributed by atoms with Gasteiger partial charge in [0.25, 0.3) is 0 Å². The quantitative estimate of drug-likeness (QED) is 0.776. The number of amides is 2. The van der Waals surface area contributed by atoms with Gasteiger partial charge in [-0.2, -0.15) is 0 Å². The van der Waals surface area contributed by atoms with Gasteiger partial charge < -0.3 is 9.64 Å². The van der Waals surface area contributed by atoms with E-state index in [-0.39, 0.29) is 12.5 Å². The van der Waals surface area contributed by atoms with E-state index in [0.29, 0.717) is 6.54 Å². The van der Waals surface area contributed by atoms with Gasteiger partial charge in [0.2, 0.25) is 5.91 Å². The van der Waals surface area contributed by atoms with Gasteiger partial charge in [0.05, 0.1) is 5.54 Å². The van der Waals surface area contributed by atoms with E-state index in [1.807, 2.05) is 59.0 Å². The van der Waals surface area contributed by atoms with Crippen molar-refractivity contribution in [2.75, 3.05) is 24.5 Å². The van der Waals surface area contributed by atoms with Crippen LogP contribution in [0.3, 0.4) is 0 Å². The first-order chi connectivity index (χ1) is 12.1. The lowest BCUT2D eigenvalue weighted by molar-refractivity contribution is -0.124. The third-order valence-corrected chi connectivity index (χ3v) is 4.68. The van der Waals surface area contributed by atoms with E-state index in [9.17, 15) is 9.59 Å². The van der Waals surface area contributed by atoms with E-state index in [1.165, 1.54) is 4.90 Å². The van der Waals surface area contributed by atoms with Crippen LogP contribution in [0.1, 0.15) is 45.7 Å². The molecule has 1 fully saturated rings. The van der Waals surface area contributed by atoms with Gasteiger partial charge in [-0.3, -0.25) is 14.7 Å². The van der Waals surface area contributed by atoms with E-state index in [0.717, 1.165) is 29.8 Å². The Bertz CT molecular complexity index is 762. The van der Waals surface area contributed by atoms with Gasteiger partial charge in [-0.15, -0.1) is 0 Å². The molecule has 6 heteroatoms. The van der Waals surface area contributed by atoms with Crippen LogP contribution < -0.4 is 4.90 Å². The molecule has 26 heavy (non-hydrogen) atoms. The summed E-state index contributed by atoms with van der Waals surface area (Å²) in [6.45, 7) is 10.6. The number of carbonyl (C=O) groups excluding carboxylic acids is 2. The Morgan fingerprint density at radius 3 is 2.69 bits per heavy atom. The molecular weight excluding hydrogens is 330 g/mol. The maximum absolute atomic E-state index is 12.9. The summed E-state index contributed by atoms with van der Waals surface area (Å²) in [7, 11) is 0. The van der Waals surface area contributed by atoms with Gasteiger partial charge in [0.15, 0.2) is 0 Å². The minimum absolute atomic E-state index is 0.0136. The van der Waals surface area contributed by atoms with E-state index in [2.05, 4.69) is 4.99 Å². The van der Waals surface area contributed by atoms with Crippen molar-refractivity contribution in [3.63, 3.8) is 0 Å². The number of nitrogens with zero attached hydrogens (tertiary/aromatic N) is 3. The molecule has 0 saturated carbocycles. The topological polar surface area (TPSA) is 62.2 Å². The Labute approximate surface area is 154 Å². The summed E-state index contributed by atoms with van der Waals surface area (Å²) in [6.07, 6.45) is 2.24. The van der Waals surface area contributed by atoms with Crippen LogP contribution in [0.5, 0.6) is 0 Å². The predicted molar refractivity (Wildman–Crippen MR) is 102 cm³/mol. The average Bonchev–Trinajstić information content (AvgIpc) is 2.54. The number of rotatable bonds is 1. The molecule has 0 N–H and O–H groups in total. The zero-order chi connectivity index (χ0) is 19.1. The predicted octanol–water partition coefficient (Wildman–Crippen LogP) is 3.02. The highest BCUT2D eigenvalue weighted by Gasteiger charge is 2.43. The second-order valence-corrected chi connectivity index (χ2v) is 8.49. The van der Waals surface area contributed by atoms with Crippen LogP contribution in [0.2, 0.25) is 0 Å². The fourth-order valence-electron chi connectivity index (χ4n) is 3.42. The maximum Gasteiger partial charge on any atom is 0.411 e. The number of aliphatic imine (C=N–C) groups is 1. The van der Waals surface area contributed by atoms with Gasteiger partial charge >= 0.3 is 6.09 Å². The van der Waals surface area contributed by atoms with Gasteiger partial charge in [-0.05, 0) is 58.2 Å². The molecule has 0 radical (unpaired) electrons. The molecule has 0 aliphatic carbocycles. The summed E-state index contributed by atoms with van der Waals surface area (Å²) in [5, 5.41) is 0. The van der Waals surface area contributed by atoms with Crippen LogP contribution in [0, 0.1) is 0 Å². The number of ether oxygens (including phenoxy) is 1. The van der Waals surface area contributed by atoms with Crippen molar-refractivity contribution >= 4 is 23.9 Å². The number of fused-ring (bicyclic) bond motifs is 1. The van der Waals surface area contributed by atoms with Crippen molar-refractivity contribution in [3.8, 4) is 0 Å². The molecule has 3 rings (SSSR count). The smallest absolute Gasteiger partial charge is 0.411 e. The Balaban J connectivity index is 1.88. The molecule has 0 spiro atoms. The number of benzene rings is 1. The third kappa shape index (κ3) is 3.59. The Morgan fingerprint density at radius 1 is 1.27 bits per heavy atom. The number of carbonyl (C=O) groups is 2. The largest absolute Gasteiger partial charge is 0.444 e. The highest BCUT2D eigenvalue weighted by molar-refractivity contribution is 6.00. The molecule has 0 bridgehead atoms. The first kappa shape index (κ1) is 18.4. The first-order valence-corrected chi connectivity index (χ1v) is 9.01. The summed E-state index contributed by atoms with van der Waals surface area (Å²) in [5.74, 6) is -0.0916. The van der Waals surface area contributed by atoms with Crippen molar-refractivity contribution in [2.45, 2.75) is 52.2 Å². The fourth-order valence-corrected chi connectivity index (χ4v) is 3.42. The molecule has 0 aromatic heterocycles. The molecular formula is C20H27N3O3. The zero-order valence-corrected chi connectivity index (χ0v) is 16.2. The Morgan fingerprint density at radius 2 is 2.00 bits per heavy atom. The number of anilines is 1. The molecule has 1 saturated heterocycles. The van der Waals surface area contributed by atoms with Gasteiger partial charge in [-0.1, -0.05) is 12.1 Å². The van der Waals surface area contributed by atoms with Crippen LogP contribution in [-0.2, 0) is 16.0 Å². The van der Waals surface area contributed by atoms with Crippen molar-refractivity contribution < 1.29 is 14.3 Å². The van der Waals surface area contributed by atoms with Crippen molar-refractivity contribution in [1.82, 2.24) is 4.90 Å². The first-order valence-electron chi connectivity index (χ1n) is 9.01. The summed E-state index contributed by atoms with van der Waals surface area (Å²) in [4.78, 5) is 33.1. The molecule has 0 unspecified atom stereocenters. The molecule has 2 aliphatic heterocycles. The van der Waals surface area contributed by atoms with Gasteiger partial charge in [-0.25, -0.2) is 4.79 Å². The summed E-state index contributed by atoms with van der Waals surface area (Å²) in [5.41, 5.74) is 2.02. The molecule has 6 nitrogen and oxygen atoms in total. The fraction of sp³-hybridized carbons (Fsp3) is 0.550. The highest BCUT2D eigenvalue weighted by Crippen LogP contribution is 2.32. The Hall–Kier alpha value is -2.37. The molecule has 140 valence electrons. The van der Waals surface area contributed by atoms with Crippen molar-refractivity contribution in [1.29, 1.82) is 0 Å². The van der Waals surface area contributed by atoms with E-state index >= 15 is 0 Å². The second-order valence-electron chi connectivity index (χ2n) is 8.49. The molecule has 1 aromatic carbocycles. The van der Waals surface area contributed by atoms with Crippen molar-refractivity contribution in [3.05, 3.63) is 29.3 Å². The van der Waals surface area contributed by atoms with Crippen LogP contribution in [0.25, 0.3) is 0 Å². The van der Waals surface area contributed by atoms with Crippen molar-refractivity contribution in [2.24, 2.45) is 4.99 Å². The number of hydrogen-bond donors (Lipinski definition) is 0. The van der Waals surface area contributed by atoms with Gasteiger partial charge in [0, 0.05) is 25.0 Å². The lowest BCUT2D eigenvalue weighted by Gasteiger charge is -2.46. The summed E-state index contributed by atoms with van der Waals surface area (Å²) >= 11 is 0. The van der Waals surface area contributed by atoms with E-state index < -0.39 is 17.2 Å². The zero-order valence-electron chi connectivity index (χ0n) is 16.2. The van der Waals surface area contributed by atoms with E-state index in [1.54, 1.807) is 4.90 Å². The number of hydrogen-bond acceptors (Lipinski definition) is 4. The lowest BCUT2D eigenvalue weighted by atomic mass is 9.95. The molecule has 1 aromatic rings. The standard InChI is InChI=1S/C20H27N3O3/c1-19(2,3)26-18(25)23-12-17(24)22(13-20(23,4)5)16-8-6-7-14-11-21-10-9-15(14)16/h6-8,11H,9-10,12-13H2,1-5H3. The Kier molecular flexibility index (Phi) is 4.54. The van der Waals surface area contributed by atoms with Crippen LogP contribution in [-0.4, -0.2) is 53.9 Å². The minimum Gasteiger partial charge on any atom is -0.444 e. The second kappa shape index (κ2) is 6.41. The van der Waals surface area contributed by atoms with Gasteiger partial charge in [0.1, 0.15) is 12.1 Å². The van der Waals surface area contributed by atoms with Crippen LogP contribution >= 0.6 is 0 Å². The maximum atomic E-state index is 12.9. The monoisotopic (exact) mass is 357 g/mol. The van der Waals surface area contributed by atoms with E-state index in [4.69, 9.17) is 4.74 Å². The SMILES string of the molecule is CC(C)(C)OC(=O)N1CC(=O)N(c2cccc3c2CCN=C3)CC1(C)C. The summed E-state index contributed by atoms with van der Waals surface area (Å²) in [6, 6.07) is 5.95. The van der Waals surface area contributed by atoms with Crippen LogP contribution in [0.4, 0.5) is 10.5 Å². The highest BCUT2D eigenvalue weighted by atomic mass is 16.6. The molecule has 2 amide bonds. The third-order valence-electron chi connectivity index (χ3n) is 4.68. The normalized spacial score (nSPS) is 19.3. The molecule has 2 aliphatic rings. The average molecular weight is 357 g/mol. The lowest BCUT2D eigenvalue weighted by Crippen LogP contribution is -2.64. The molecule has 0 atom stereocenters. The number of piperazine rings is 1. The van der Waals surface area contributed by atoms with Crippen LogP contribution in [0.15, 0.2) is 23.2 Å². The molecule has 2 heterocycles.